The minimum atomic E-state index is 0.179. The first-order valence-electron chi connectivity index (χ1n) is 9.61. The van der Waals surface area contributed by atoms with Crippen molar-refractivity contribution in [1.82, 2.24) is 15.3 Å². The molecule has 0 saturated carbocycles. The first kappa shape index (κ1) is 21.8. The van der Waals surface area contributed by atoms with E-state index in [0.29, 0.717) is 45.2 Å². The fourth-order valence-electron chi connectivity index (χ4n) is 3.24. The normalized spacial score (nSPS) is 11.1. The lowest BCUT2D eigenvalue weighted by Gasteiger charge is -2.15. The Morgan fingerprint density at radius 2 is 1.71 bits per heavy atom. The number of methoxy groups -OCH3 is 1. The number of aromatic nitrogens is 2. The average molecular weight is 477 g/mol. The van der Waals surface area contributed by atoms with Crippen LogP contribution >= 0.6 is 34.8 Å². The summed E-state index contributed by atoms with van der Waals surface area (Å²) in [5.74, 6) is 1.85. The van der Waals surface area contributed by atoms with E-state index in [1.54, 1.807) is 25.3 Å². The van der Waals surface area contributed by atoms with Crippen molar-refractivity contribution >= 4 is 45.8 Å². The van der Waals surface area contributed by atoms with Gasteiger partial charge >= 0.3 is 0 Å². The maximum atomic E-state index is 6.49. The number of fused-ring (bicyclic) bond motifs is 1. The van der Waals surface area contributed by atoms with Gasteiger partial charge in [-0.25, -0.2) is 4.98 Å². The standard InChI is InChI=1S/C23H20Cl3N3O2/c1-30-21-10-14(11-27-12-22-28-19-7-2-3-8-20(19)29-22)9-18(26)23(21)31-13-15-16(24)5-4-6-17(15)25/h2-10,27H,11-13H2,1H3,(H,28,29). The maximum absolute atomic E-state index is 6.49. The molecule has 2 N–H and O–H groups in total. The number of H-pyrrole nitrogens is 1. The summed E-state index contributed by atoms with van der Waals surface area (Å²) in [5, 5.41) is 4.89. The summed E-state index contributed by atoms with van der Waals surface area (Å²) < 4.78 is 11.4. The monoisotopic (exact) mass is 475 g/mol. The lowest BCUT2D eigenvalue weighted by molar-refractivity contribution is 0.284. The molecule has 0 aliphatic rings. The SMILES string of the molecule is COc1cc(CNCc2nc3ccccc3[nH]2)cc(Cl)c1OCc1c(Cl)cccc1Cl. The molecule has 5 nitrogen and oxygen atoms in total. The molecule has 0 aliphatic carbocycles. The summed E-state index contributed by atoms with van der Waals surface area (Å²) in [6.07, 6.45) is 0. The van der Waals surface area contributed by atoms with E-state index in [0.717, 1.165) is 22.4 Å². The number of hydrogen-bond donors (Lipinski definition) is 2. The number of imidazole rings is 1. The number of halogens is 3. The van der Waals surface area contributed by atoms with Crippen LogP contribution in [0.2, 0.25) is 15.1 Å². The summed E-state index contributed by atoms with van der Waals surface area (Å²) >= 11 is 18.9. The highest BCUT2D eigenvalue weighted by atomic mass is 35.5. The third kappa shape index (κ3) is 5.08. The minimum Gasteiger partial charge on any atom is -0.493 e. The van der Waals surface area contributed by atoms with Gasteiger partial charge in [-0.05, 0) is 42.0 Å². The van der Waals surface area contributed by atoms with Crippen molar-refractivity contribution in [3.05, 3.63) is 86.6 Å². The minimum absolute atomic E-state index is 0.179. The van der Waals surface area contributed by atoms with Gasteiger partial charge in [-0.3, -0.25) is 0 Å². The fourth-order valence-corrected chi connectivity index (χ4v) is 4.04. The Morgan fingerprint density at radius 1 is 0.935 bits per heavy atom. The largest absolute Gasteiger partial charge is 0.493 e. The Hall–Kier alpha value is -2.44. The highest BCUT2D eigenvalue weighted by Crippen LogP contribution is 2.38. The van der Waals surface area contributed by atoms with Crippen molar-refractivity contribution < 1.29 is 9.47 Å². The van der Waals surface area contributed by atoms with Crippen LogP contribution in [0.4, 0.5) is 0 Å². The van der Waals surface area contributed by atoms with Crippen LogP contribution in [0.5, 0.6) is 11.5 Å². The molecule has 0 fully saturated rings. The van der Waals surface area contributed by atoms with E-state index < -0.39 is 0 Å². The predicted molar refractivity (Wildman–Crippen MR) is 125 cm³/mol. The van der Waals surface area contributed by atoms with Gasteiger partial charge in [0.25, 0.3) is 0 Å². The number of ether oxygens (including phenoxy) is 2. The molecule has 160 valence electrons. The number of aromatic amines is 1. The highest BCUT2D eigenvalue weighted by Gasteiger charge is 2.14. The first-order valence-corrected chi connectivity index (χ1v) is 10.7. The van der Waals surface area contributed by atoms with Crippen LogP contribution in [-0.4, -0.2) is 17.1 Å². The summed E-state index contributed by atoms with van der Waals surface area (Å²) in [7, 11) is 1.58. The number of hydrogen-bond acceptors (Lipinski definition) is 4. The van der Waals surface area contributed by atoms with Gasteiger partial charge in [-0.2, -0.15) is 0 Å². The Morgan fingerprint density at radius 3 is 2.45 bits per heavy atom. The lowest BCUT2D eigenvalue weighted by Crippen LogP contribution is -2.14. The number of para-hydroxylation sites is 2. The van der Waals surface area contributed by atoms with Crippen LogP contribution in [0.1, 0.15) is 17.0 Å². The smallest absolute Gasteiger partial charge is 0.180 e. The second-order valence-electron chi connectivity index (χ2n) is 6.90. The molecule has 4 rings (SSSR count). The topological polar surface area (TPSA) is 59.2 Å². The number of rotatable bonds is 8. The van der Waals surface area contributed by atoms with Crippen molar-refractivity contribution in [2.24, 2.45) is 0 Å². The van der Waals surface area contributed by atoms with Crippen LogP contribution in [-0.2, 0) is 19.7 Å². The molecule has 4 aromatic rings. The van der Waals surface area contributed by atoms with Gasteiger partial charge in [-0.1, -0.05) is 53.0 Å². The van der Waals surface area contributed by atoms with E-state index in [1.807, 2.05) is 36.4 Å². The van der Waals surface area contributed by atoms with Gasteiger partial charge < -0.3 is 19.8 Å². The Labute approximate surface area is 195 Å². The molecular formula is C23H20Cl3N3O2. The van der Waals surface area contributed by atoms with Crippen molar-refractivity contribution in [3.63, 3.8) is 0 Å². The number of nitrogens with one attached hydrogen (secondary N) is 2. The van der Waals surface area contributed by atoms with Gasteiger partial charge in [0.1, 0.15) is 12.4 Å². The molecule has 0 spiro atoms. The third-order valence-electron chi connectivity index (χ3n) is 4.77. The Kier molecular flexibility index (Phi) is 6.88. The third-order valence-corrected chi connectivity index (χ3v) is 5.76. The van der Waals surface area contributed by atoms with Crippen LogP contribution in [0.3, 0.4) is 0 Å². The molecule has 1 heterocycles. The first-order chi connectivity index (χ1) is 15.0. The van der Waals surface area contributed by atoms with Crippen LogP contribution in [0.15, 0.2) is 54.6 Å². The van der Waals surface area contributed by atoms with Crippen LogP contribution < -0.4 is 14.8 Å². The molecule has 0 atom stereocenters. The average Bonchev–Trinajstić information content (AvgIpc) is 3.17. The fraction of sp³-hybridized carbons (Fsp3) is 0.174. The quantitative estimate of drug-likeness (QED) is 0.309. The highest BCUT2D eigenvalue weighted by molar-refractivity contribution is 6.36. The molecule has 0 radical (unpaired) electrons. The van der Waals surface area contributed by atoms with Crippen LogP contribution in [0, 0.1) is 0 Å². The molecule has 8 heteroatoms. The Balaban J connectivity index is 1.43. The van der Waals surface area contributed by atoms with E-state index in [1.165, 1.54) is 0 Å². The number of nitrogens with zero attached hydrogens (tertiary/aromatic N) is 1. The summed E-state index contributed by atoms with van der Waals surface area (Å²) in [4.78, 5) is 7.87. The van der Waals surface area contributed by atoms with E-state index in [-0.39, 0.29) is 6.61 Å². The van der Waals surface area contributed by atoms with Gasteiger partial charge in [0.05, 0.1) is 29.7 Å². The molecule has 0 saturated heterocycles. The zero-order valence-electron chi connectivity index (χ0n) is 16.7. The second kappa shape index (κ2) is 9.79. The van der Waals surface area contributed by atoms with E-state index in [2.05, 4.69) is 15.3 Å². The van der Waals surface area contributed by atoms with Crippen molar-refractivity contribution in [2.45, 2.75) is 19.7 Å². The molecule has 0 amide bonds. The molecular weight excluding hydrogens is 457 g/mol. The van der Waals surface area contributed by atoms with Crippen molar-refractivity contribution in [3.8, 4) is 11.5 Å². The maximum Gasteiger partial charge on any atom is 0.180 e. The van der Waals surface area contributed by atoms with Gasteiger partial charge in [0.2, 0.25) is 0 Å². The van der Waals surface area contributed by atoms with Crippen molar-refractivity contribution in [2.75, 3.05) is 7.11 Å². The molecule has 1 aromatic heterocycles. The van der Waals surface area contributed by atoms with E-state index >= 15 is 0 Å². The molecule has 0 aliphatic heterocycles. The molecule has 0 bridgehead atoms. The zero-order chi connectivity index (χ0) is 21.8. The van der Waals surface area contributed by atoms with Gasteiger partial charge in [0.15, 0.2) is 11.5 Å². The second-order valence-corrected chi connectivity index (χ2v) is 8.12. The number of benzene rings is 3. The van der Waals surface area contributed by atoms with Crippen LogP contribution in [0.25, 0.3) is 11.0 Å². The summed E-state index contributed by atoms with van der Waals surface area (Å²) in [6, 6.07) is 17.0. The molecule has 31 heavy (non-hydrogen) atoms. The predicted octanol–water partition coefficient (Wildman–Crippen LogP) is 6.40. The zero-order valence-corrected chi connectivity index (χ0v) is 19.0. The molecule has 3 aromatic carbocycles. The van der Waals surface area contributed by atoms with Crippen molar-refractivity contribution in [1.29, 1.82) is 0 Å². The van der Waals surface area contributed by atoms with Gasteiger partial charge in [-0.15, -0.1) is 0 Å². The Bertz CT molecular complexity index is 1160. The van der Waals surface area contributed by atoms with E-state index in [9.17, 15) is 0 Å². The van der Waals surface area contributed by atoms with E-state index in [4.69, 9.17) is 44.3 Å². The molecule has 0 unspecified atom stereocenters. The summed E-state index contributed by atoms with van der Waals surface area (Å²) in [5.41, 5.74) is 3.62. The lowest BCUT2D eigenvalue weighted by atomic mass is 10.2. The summed E-state index contributed by atoms with van der Waals surface area (Å²) in [6.45, 7) is 1.36. The van der Waals surface area contributed by atoms with Gasteiger partial charge in [0, 0.05) is 22.2 Å².